The van der Waals surface area contributed by atoms with E-state index in [-0.39, 0.29) is 31.4 Å². The van der Waals surface area contributed by atoms with Crippen molar-refractivity contribution >= 4 is 23.7 Å². The summed E-state index contributed by atoms with van der Waals surface area (Å²) in [6.45, 7) is 2.51. The van der Waals surface area contributed by atoms with E-state index in [1.54, 1.807) is 31.2 Å². The van der Waals surface area contributed by atoms with Gasteiger partial charge in [0.25, 0.3) is 5.91 Å². The van der Waals surface area contributed by atoms with Crippen molar-refractivity contribution in [3.63, 3.8) is 0 Å². The van der Waals surface area contributed by atoms with Crippen molar-refractivity contribution in [3.8, 4) is 11.5 Å². The molecule has 176 valence electrons. The fourth-order valence-electron chi connectivity index (χ4n) is 2.91. The normalized spacial score (nSPS) is 10.1. The lowest BCUT2D eigenvalue weighted by molar-refractivity contribution is -0.116. The molecule has 0 heterocycles. The van der Waals surface area contributed by atoms with Crippen molar-refractivity contribution < 1.29 is 28.6 Å². The summed E-state index contributed by atoms with van der Waals surface area (Å²) in [5.74, 6) is 0.604. The van der Waals surface area contributed by atoms with Gasteiger partial charge in [-0.1, -0.05) is 30.3 Å². The molecule has 2 N–H and O–H groups in total. The Morgan fingerprint density at radius 1 is 0.824 bits per heavy atom. The number of benzene rings is 3. The van der Waals surface area contributed by atoms with Gasteiger partial charge in [-0.25, -0.2) is 4.79 Å². The number of hydrogen-bond donors (Lipinski definition) is 2. The first-order valence-corrected chi connectivity index (χ1v) is 10.8. The van der Waals surface area contributed by atoms with Gasteiger partial charge in [0.05, 0.1) is 19.6 Å². The van der Waals surface area contributed by atoms with Crippen LogP contribution in [-0.4, -0.2) is 31.2 Å². The maximum Gasteiger partial charge on any atom is 0.513 e. The van der Waals surface area contributed by atoms with Gasteiger partial charge in [0.2, 0.25) is 5.91 Å². The fraction of sp³-hybridized carbons (Fsp3) is 0.192. The molecule has 0 saturated carbocycles. The Bertz CT molecular complexity index is 1080. The van der Waals surface area contributed by atoms with Crippen molar-refractivity contribution in [3.05, 3.63) is 90.0 Å². The first-order chi connectivity index (χ1) is 16.5. The molecule has 0 radical (unpaired) electrons. The Kier molecular flexibility index (Phi) is 9.04. The molecule has 2 amide bonds. The third-order valence-corrected chi connectivity index (χ3v) is 4.61. The zero-order chi connectivity index (χ0) is 24.2. The van der Waals surface area contributed by atoms with Crippen LogP contribution >= 0.6 is 0 Å². The van der Waals surface area contributed by atoms with Crippen LogP contribution in [0, 0.1) is 0 Å². The molecule has 0 atom stereocenters. The number of hydrogen-bond acceptors (Lipinski definition) is 6. The van der Waals surface area contributed by atoms with E-state index in [0.717, 1.165) is 11.3 Å². The second-order valence-corrected chi connectivity index (χ2v) is 7.15. The number of anilines is 1. The van der Waals surface area contributed by atoms with Crippen LogP contribution in [0.15, 0.2) is 78.9 Å². The van der Waals surface area contributed by atoms with E-state index in [1.165, 1.54) is 12.1 Å². The average Bonchev–Trinajstić information content (AvgIpc) is 2.85. The molecule has 3 aromatic carbocycles. The Morgan fingerprint density at radius 2 is 1.53 bits per heavy atom. The van der Waals surface area contributed by atoms with Crippen LogP contribution in [0.3, 0.4) is 0 Å². The summed E-state index contributed by atoms with van der Waals surface area (Å²) in [6.07, 6.45) is -0.559. The predicted octanol–water partition coefficient (Wildman–Crippen LogP) is 4.56. The highest BCUT2D eigenvalue weighted by molar-refractivity contribution is 5.94. The van der Waals surface area contributed by atoms with E-state index >= 15 is 0 Å². The summed E-state index contributed by atoms with van der Waals surface area (Å²) in [6, 6.07) is 22.7. The molecule has 3 rings (SSSR count). The predicted molar refractivity (Wildman–Crippen MR) is 127 cm³/mol. The third-order valence-electron chi connectivity index (χ3n) is 4.61. The summed E-state index contributed by atoms with van der Waals surface area (Å²) in [5.41, 5.74) is 1.97. The summed E-state index contributed by atoms with van der Waals surface area (Å²) >= 11 is 0. The molecule has 0 aromatic heterocycles. The molecule has 0 spiro atoms. The van der Waals surface area contributed by atoms with Crippen LogP contribution in [0.4, 0.5) is 10.5 Å². The van der Waals surface area contributed by atoms with E-state index in [1.807, 2.05) is 42.5 Å². The van der Waals surface area contributed by atoms with Crippen LogP contribution in [0.2, 0.25) is 0 Å². The highest BCUT2D eigenvalue weighted by atomic mass is 16.7. The Morgan fingerprint density at radius 3 is 2.21 bits per heavy atom. The van der Waals surface area contributed by atoms with E-state index in [9.17, 15) is 14.4 Å². The van der Waals surface area contributed by atoms with Crippen molar-refractivity contribution in [2.24, 2.45) is 0 Å². The monoisotopic (exact) mass is 462 g/mol. The standard InChI is InChI=1S/C26H26N2O6/c1-2-32-26(31)34-23-14-10-20(11-15-23)25(30)27-18-19-8-12-21(13-9-19)28-24(29)16-17-33-22-6-4-3-5-7-22/h3-15H,2,16-18H2,1H3,(H,27,30)(H,28,29). The lowest BCUT2D eigenvalue weighted by Gasteiger charge is -2.09. The number of carbonyl (C=O) groups is 3. The molecule has 0 aliphatic heterocycles. The van der Waals surface area contributed by atoms with Gasteiger partial charge < -0.3 is 24.8 Å². The molecule has 0 unspecified atom stereocenters. The van der Waals surface area contributed by atoms with Crippen LogP contribution in [0.1, 0.15) is 29.3 Å². The maximum atomic E-state index is 12.4. The SMILES string of the molecule is CCOC(=O)Oc1ccc(C(=O)NCc2ccc(NC(=O)CCOc3ccccc3)cc2)cc1. The van der Waals surface area contributed by atoms with Crippen LogP contribution < -0.4 is 20.1 Å². The van der Waals surface area contributed by atoms with Gasteiger partial charge in [-0.05, 0) is 61.0 Å². The lowest BCUT2D eigenvalue weighted by Crippen LogP contribution is -2.22. The summed E-state index contributed by atoms with van der Waals surface area (Å²) in [5, 5.41) is 5.65. The van der Waals surface area contributed by atoms with Crippen molar-refractivity contribution in [1.82, 2.24) is 5.32 Å². The van der Waals surface area contributed by atoms with Gasteiger partial charge in [0, 0.05) is 17.8 Å². The van der Waals surface area contributed by atoms with Crippen LogP contribution in [-0.2, 0) is 16.1 Å². The molecule has 8 heteroatoms. The molecule has 3 aromatic rings. The molecule has 0 bridgehead atoms. The van der Waals surface area contributed by atoms with E-state index in [0.29, 0.717) is 23.5 Å². The van der Waals surface area contributed by atoms with E-state index in [2.05, 4.69) is 10.6 Å². The minimum absolute atomic E-state index is 0.146. The maximum absolute atomic E-state index is 12.4. The zero-order valence-electron chi connectivity index (χ0n) is 18.8. The second-order valence-electron chi connectivity index (χ2n) is 7.15. The third kappa shape index (κ3) is 7.98. The number of para-hydroxylation sites is 1. The topological polar surface area (TPSA) is 103 Å². The van der Waals surface area contributed by atoms with Gasteiger partial charge in [0.1, 0.15) is 11.5 Å². The van der Waals surface area contributed by atoms with Crippen LogP contribution in [0.25, 0.3) is 0 Å². The van der Waals surface area contributed by atoms with Gasteiger partial charge in [-0.2, -0.15) is 0 Å². The van der Waals surface area contributed by atoms with Gasteiger partial charge in [-0.15, -0.1) is 0 Å². The summed E-state index contributed by atoms with van der Waals surface area (Å²) in [4.78, 5) is 35.8. The van der Waals surface area contributed by atoms with Crippen molar-refractivity contribution in [2.75, 3.05) is 18.5 Å². The number of carbonyl (C=O) groups excluding carboxylic acids is 3. The number of nitrogens with one attached hydrogen (secondary N) is 2. The van der Waals surface area contributed by atoms with Crippen molar-refractivity contribution in [1.29, 1.82) is 0 Å². The smallest absolute Gasteiger partial charge is 0.493 e. The average molecular weight is 463 g/mol. The summed E-state index contributed by atoms with van der Waals surface area (Å²) in [7, 11) is 0. The number of amides is 2. The van der Waals surface area contributed by atoms with Crippen molar-refractivity contribution in [2.45, 2.75) is 19.9 Å². The molecular formula is C26H26N2O6. The van der Waals surface area contributed by atoms with E-state index in [4.69, 9.17) is 14.2 Å². The molecule has 8 nitrogen and oxygen atoms in total. The zero-order valence-corrected chi connectivity index (χ0v) is 18.8. The van der Waals surface area contributed by atoms with E-state index < -0.39 is 6.16 Å². The first kappa shape index (κ1) is 24.3. The Balaban J connectivity index is 1.40. The largest absolute Gasteiger partial charge is 0.513 e. The Hall–Kier alpha value is -4.33. The number of rotatable bonds is 10. The molecular weight excluding hydrogens is 436 g/mol. The molecule has 0 fully saturated rings. The van der Waals surface area contributed by atoms with Gasteiger partial charge in [-0.3, -0.25) is 9.59 Å². The highest BCUT2D eigenvalue weighted by Gasteiger charge is 2.09. The fourth-order valence-corrected chi connectivity index (χ4v) is 2.91. The lowest BCUT2D eigenvalue weighted by atomic mass is 10.1. The minimum atomic E-state index is -0.792. The highest BCUT2D eigenvalue weighted by Crippen LogP contribution is 2.14. The quantitative estimate of drug-likeness (QED) is 0.338. The molecule has 0 aliphatic carbocycles. The molecule has 0 saturated heterocycles. The van der Waals surface area contributed by atoms with Crippen LogP contribution in [0.5, 0.6) is 11.5 Å². The minimum Gasteiger partial charge on any atom is -0.493 e. The molecule has 0 aliphatic rings. The Labute approximate surface area is 197 Å². The van der Waals surface area contributed by atoms with Gasteiger partial charge in [0.15, 0.2) is 0 Å². The number of ether oxygens (including phenoxy) is 3. The van der Waals surface area contributed by atoms with Gasteiger partial charge >= 0.3 is 6.16 Å². The summed E-state index contributed by atoms with van der Waals surface area (Å²) < 4.78 is 15.2. The first-order valence-electron chi connectivity index (χ1n) is 10.8. The molecule has 34 heavy (non-hydrogen) atoms. The second kappa shape index (κ2) is 12.6.